The normalized spacial score (nSPS) is 14.9. The molecule has 0 aliphatic carbocycles. The second-order valence-corrected chi connectivity index (χ2v) is 6.00. The molecule has 1 aliphatic heterocycles. The highest BCUT2D eigenvalue weighted by Gasteiger charge is 2.21. The van der Waals surface area contributed by atoms with Crippen molar-refractivity contribution >= 4 is 52.1 Å². The van der Waals surface area contributed by atoms with Gasteiger partial charge in [0.25, 0.3) is 5.91 Å². The lowest BCUT2D eigenvalue weighted by Crippen LogP contribution is -2.24. The number of hydrogen-bond donors (Lipinski definition) is 2. The first kappa shape index (κ1) is 16.8. The maximum Gasteiger partial charge on any atom is 0.291 e. The Hall–Kier alpha value is -2.02. The zero-order valence-corrected chi connectivity index (χ0v) is 14.4. The number of anilines is 1. The van der Waals surface area contributed by atoms with Gasteiger partial charge >= 0.3 is 0 Å². The molecule has 0 spiro atoms. The van der Waals surface area contributed by atoms with Gasteiger partial charge in [-0.25, -0.2) is 10.4 Å². The molecular weight excluding hydrogens is 375 g/mol. The van der Waals surface area contributed by atoms with Gasteiger partial charge in [0.1, 0.15) is 10.8 Å². The molecule has 0 bridgehead atoms. The van der Waals surface area contributed by atoms with Gasteiger partial charge in [0, 0.05) is 12.0 Å². The fourth-order valence-corrected chi connectivity index (χ4v) is 2.79. The molecule has 2 heterocycles. The van der Waals surface area contributed by atoms with Gasteiger partial charge in [-0.1, -0.05) is 46.9 Å². The number of hydrogen-bond acceptors (Lipinski definition) is 5. The Morgan fingerprint density at radius 3 is 2.79 bits per heavy atom. The molecule has 3 rings (SSSR count). The number of pyridine rings is 1. The first-order valence-electron chi connectivity index (χ1n) is 6.88. The van der Waals surface area contributed by atoms with E-state index in [4.69, 9.17) is 45.3 Å². The zero-order chi connectivity index (χ0) is 17.3. The Morgan fingerprint density at radius 2 is 2.00 bits per heavy atom. The first-order valence-corrected chi connectivity index (χ1v) is 8.01. The van der Waals surface area contributed by atoms with E-state index in [1.807, 2.05) is 24.3 Å². The number of nitrogen functional groups attached to an aromatic ring is 1. The van der Waals surface area contributed by atoms with Gasteiger partial charge < -0.3 is 10.5 Å². The van der Waals surface area contributed by atoms with Crippen LogP contribution in [0.4, 0.5) is 5.69 Å². The Morgan fingerprint density at radius 1 is 1.25 bits per heavy atom. The molecule has 124 valence electrons. The van der Waals surface area contributed by atoms with Gasteiger partial charge in [-0.15, -0.1) is 0 Å². The number of para-hydroxylation sites is 1. The number of nitrogens with one attached hydrogen (secondary N) is 1. The second kappa shape index (κ2) is 6.84. The predicted octanol–water partition coefficient (Wildman–Crippen LogP) is 3.54. The SMILES string of the molecule is Nc1c(Cl)c(Cl)nc(C(=O)N/N=C2/CCOc3ccccc32)c1Cl. The number of rotatable bonds is 2. The topological polar surface area (TPSA) is 89.6 Å². The lowest BCUT2D eigenvalue weighted by atomic mass is 10.0. The number of halogens is 3. The molecule has 0 atom stereocenters. The number of carbonyl (C=O) groups is 1. The number of carbonyl (C=O) groups excluding carboxylic acids is 1. The van der Waals surface area contributed by atoms with Crippen molar-refractivity contribution < 1.29 is 9.53 Å². The molecule has 0 radical (unpaired) electrons. The molecule has 0 saturated carbocycles. The van der Waals surface area contributed by atoms with E-state index in [1.54, 1.807) is 0 Å². The molecule has 1 aromatic heterocycles. The summed E-state index contributed by atoms with van der Waals surface area (Å²) >= 11 is 17.7. The Labute approximate surface area is 152 Å². The predicted molar refractivity (Wildman–Crippen MR) is 94.2 cm³/mol. The molecule has 1 amide bonds. The highest BCUT2D eigenvalue weighted by molar-refractivity contribution is 6.46. The molecule has 2 aromatic rings. The number of nitrogens with two attached hydrogens (primary N) is 1. The number of aromatic nitrogens is 1. The van der Waals surface area contributed by atoms with E-state index in [9.17, 15) is 4.79 Å². The number of fused-ring (bicyclic) bond motifs is 1. The van der Waals surface area contributed by atoms with Gasteiger partial charge in [-0.2, -0.15) is 5.10 Å². The summed E-state index contributed by atoms with van der Waals surface area (Å²) in [5.41, 5.74) is 9.47. The third kappa shape index (κ3) is 3.13. The van der Waals surface area contributed by atoms with Crippen molar-refractivity contribution in [3.05, 3.63) is 50.7 Å². The molecule has 0 saturated heterocycles. The van der Waals surface area contributed by atoms with Crippen LogP contribution in [0, 0.1) is 0 Å². The molecule has 9 heteroatoms. The summed E-state index contributed by atoms with van der Waals surface area (Å²) in [6.45, 7) is 0.477. The van der Waals surface area contributed by atoms with Crippen LogP contribution in [0.25, 0.3) is 0 Å². The minimum absolute atomic E-state index is 0.00267. The highest BCUT2D eigenvalue weighted by Crippen LogP contribution is 2.34. The molecule has 0 unspecified atom stereocenters. The number of ether oxygens (including phenoxy) is 1. The zero-order valence-electron chi connectivity index (χ0n) is 12.1. The van der Waals surface area contributed by atoms with Crippen LogP contribution in [0.1, 0.15) is 22.5 Å². The summed E-state index contributed by atoms with van der Waals surface area (Å²) in [5.74, 6) is 0.0772. The van der Waals surface area contributed by atoms with Crippen molar-refractivity contribution in [2.45, 2.75) is 6.42 Å². The molecule has 1 aliphatic rings. The fourth-order valence-electron chi connectivity index (χ4n) is 2.19. The minimum Gasteiger partial charge on any atom is -0.492 e. The van der Waals surface area contributed by atoms with E-state index < -0.39 is 5.91 Å². The summed E-state index contributed by atoms with van der Waals surface area (Å²) in [6.07, 6.45) is 0.558. The average molecular weight is 386 g/mol. The van der Waals surface area contributed by atoms with Crippen LogP contribution < -0.4 is 15.9 Å². The first-order chi connectivity index (χ1) is 11.5. The summed E-state index contributed by atoms with van der Waals surface area (Å²) in [4.78, 5) is 16.1. The van der Waals surface area contributed by atoms with Gasteiger partial charge in [-0.05, 0) is 12.1 Å². The van der Waals surface area contributed by atoms with Crippen LogP contribution >= 0.6 is 34.8 Å². The van der Waals surface area contributed by atoms with E-state index in [0.29, 0.717) is 24.5 Å². The van der Waals surface area contributed by atoms with E-state index in [0.717, 1.165) is 5.56 Å². The molecule has 6 nitrogen and oxygen atoms in total. The van der Waals surface area contributed by atoms with Crippen molar-refractivity contribution in [3.63, 3.8) is 0 Å². The third-order valence-corrected chi connectivity index (χ3v) is 4.51. The van der Waals surface area contributed by atoms with Gasteiger partial charge in [0.05, 0.1) is 23.0 Å². The van der Waals surface area contributed by atoms with Gasteiger partial charge in [0.15, 0.2) is 10.8 Å². The average Bonchev–Trinajstić information content (AvgIpc) is 2.60. The van der Waals surface area contributed by atoms with E-state index in [-0.39, 0.29) is 26.6 Å². The maximum atomic E-state index is 12.3. The molecule has 3 N–H and O–H groups in total. The second-order valence-electron chi connectivity index (χ2n) is 4.89. The Bertz CT molecular complexity index is 855. The van der Waals surface area contributed by atoms with Crippen molar-refractivity contribution in [3.8, 4) is 5.75 Å². The Kier molecular flexibility index (Phi) is 4.80. The van der Waals surface area contributed by atoms with Crippen LogP contribution in [0.3, 0.4) is 0 Å². The molecule has 0 fully saturated rings. The van der Waals surface area contributed by atoms with Crippen LogP contribution in [0.5, 0.6) is 5.75 Å². The van der Waals surface area contributed by atoms with Crippen LogP contribution in [0.2, 0.25) is 15.2 Å². The number of nitrogens with zero attached hydrogens (tertiary/aromatic N) is 2. The summed E-state index contributed by atoms with van der Waals surface area (Å²) in [5, 5.41) is 3.97. The van der Waals surface area contributed by atoms with Gasteiger partial charge in [-0.3, -0.25) is 4.79 Å². The minimum atomic E-state index is -0.637. The number of hydrazone groups is 1. The van der Waals surface area contributed by atoms with Crippen LogP contribution in [-0.4, -0.2) is 23.2 Å². The quantitative estimate of drug-likeness (QED) is 0.611. The largest absolute Gasteiger partial charge is 0.492 e. The van der Waals surface area contributed by atoms with Crippen molar-refractivity contribution in [2.24, 2.45) is 5.10 Å². The van der Waals surface area contributed by atoms with Gasteiger partial charge in [0.2, 0.25) is 0 Å². The van der Waals surface area contributed by atoms with E-state index >= 15 is 0 Å². The summed E-state index contributed by atoms with van der Waals surface area (Å²) in [7, 11) is 0. The summed E-state index contributed by atoms with van der Waals surface area (Å²) in [6, 6.07) is 7.43. The lowest BCUT2D eigenvalue weighted by Gasteiger charge is -2.18. The third-order valence-electron chi connectivity index (χ3n) is 3.37. The maximum absolute atomic E-state index is 12.3. The standard InChI is InChI=1S/C15H11Cl3N4O2/c16-10-12(19)11(17)14(18)20-13(10)15(23)22-21-8-5-6-24-9-4-2-1-3-7(8)9/h1-4H,5-6H2,(H2,19,20)(H,22,23)/b21-8-. The molecule has 24 heavy (non-hydrogen) atoms. The van der Waals surface area contributed by atoms with E-state index in [1.165, 1.54) is 0 Å². The monoisotopic (exact) mass is 384 g/mol. The molecule has 1 aromatic carbocycles. The molecular formula is C15H11Cl3N4O2. The fraction of sp³-hybridized carbons (Fsp3) is 0.133. The number of amides is 1. The lowest BCUT2D eigenvalue weighted by molar-refractivity contribution is 0.0950. The van der Waals surface area contributed by atoms with Crippen LogP contribution in [-0.2, 0) is 0 Å². The Balaban J connectivity index is 1.87. The van der Waals surface area contributed by atoms with Crippen molar-refractivity contribution in [1.29, 1.82) is 0 Å². The van der Waals surface area contributed by atoms with Crippen molar-refractivity contribution in [1.82, 2.24) is 10.4 Å². The number of benzene rings is 1. The smallest absolute Gasteiger partial charge is 0.291 e. The van der Waals surface area contributed by atoms with Crippen LogP contribution in [0.15, 0.2) is 29.4 Å². The summed E-state index contributed by atoms with van der Waals surface area (Å²) < 4.78 is 5.53. The van der Waals surface area contributed by atoms with Crippen molar-refractivity contribution in [2.75, 3.05) is 12.3 Å². The van der Waals surface area contributed by atoms with E-state index in [2.05, 4.69) is 15.5 Å². The highest BCUT2D eigenvalue weighted by atomic mass is 35.5.